The number of hydrogen-bond acceptors (Lipinski definition) is 4. The van der Waals surface area contributed by atoms with Gasteiger partial charge in [0.15, 0.2) is 5.82 Å². The van der Waals surface area contributed by atoms with Crippen LogP contribution in [-0.2, 0) is 7.05 Å². The third kappa shape index (κ3) is 2.71. The molecule has 0 fully saturated rings. The summed E-state index contributed by atoms with van der Waals surface area (Å²) in [6, 6.07) is 5.03. The van der Waals surface area contributed by atoms with Crippen LogP contribution in [0, 0.1) is 6.92 Å². The van der Waals surface area contributed by atoms with Crippen LogP contribution in [0.5, 0.6) is 5.75 Å². The fraction of sp³-hybridized carbons (Fsp3) is 0.357. The van der Waals surface area contributed by atoms with Crippen molar-refractivity contribution in [2.24, 2.45) is 7.05 Å². The van der Waals surface area contributed by atoms with Gasteiger partial charge in [-0.2, -0.15) is 0 Å². The van der Waals surface area contributed by atoms with E-state index >= 15 is 0 Å². The molecule has 2 heterocycles. The van der Waals surface area contributed by atoms with Crippen LogP contribution in [0.15, 0.2) is 18.2 Å². The zero-order valence-electron chi connectivity index (χ0n) is 12.3. The molecule has 0 bridgehead atoms. The van der Waals surface area contributed by atoms with Crippen LogP contribution in [0.25, 0.3) is 0 Å². The number of aromatic nitrogens is 3. The van der Waals surface area contributed by atoms with Gasteiger partial charge in [-0.1, -0.05) is 28.9 Å². The molecule has 2 N–H and O–H groups in total. The second-order valence-corrected chi connectivity index (χ2v) is 5.50. The highest BCUT2D eigenvalue weighted by atomic mass is 35.5. The number of nitrogens with one attached hydrogen (secondary N) is 2. The third-order valence-electron chi connectivity index (χ3n) is 3.67. The van der Waals surface area contributed by atoms with Crippen molar-refractivity contribution in [3.05, 3.63) is 34.5 Å². The summed E-state index contributed by atoms with van der Waals surface area (Å²) in [5.74, 6) is 1.08. The first kappa shape index (κ1) is 14.6. The minimum absolute atomic E-state index is 0.153. The fourth-order valence-corrected chi connectivity index (χ4v) is 2.59. The lowest BCUT2D eigenvalue weighted by Crippen LogP contribution is -2.35. The number of carbonyl (C=O) groups is 1. The van der Waals surface area contributed by atoms with Gasteiger partial charge in [-0.15, -0.1) is 5.10 Å². The van der Waals surface area contributed by atoms with Crippen molar-refractivity contribution in [2.45, 2.75) is 19.4 Å². The first-order valence-corrected chi connectivity index (χ1v) is 7.29. The lowest BCUT2D eigenvalue weighted by molar-refractivity contribution is 0.232. The molecule has 1 aliphatic heterocycles. The second kappa shape index (κ2) is 5.84. The zero-order chi connectivity index (χ0) is 15.7. The summed E-state index contributed by atoms with van der Waals surface area (Å²) in [5.41, 5.74) is 1.66. The van der Waals surface area contributed by atoms with Gasteiger partial charge in [0, 0.05) is 19.0 Å². The monoisotopic (exact) mass is 321 g/mol. The molecule has 1 aromatic carbocycles. The summed E-state index contributed by atoms with van der Waals surface area (Å²) >= 11 is 6.12. The van der Waals surface area contributed by atoms with Gasteiger partial charge in [0.2, 0.25) is 0 Å². The third-order valence-corrected chi connectivity index (χ3v) is 3.97. The van der Waals surface area contributed by atoms with Gasteiger partial charge >= 0.3 is 6.03 Å². The van der Waals surface area contributed by atoms with Gasteiger partial charge in [0.25, 0.3) is 0 Å². The Hall–Kier alpha value is -2.28. The van der Waals surface area contributed by atoms with Gasteiger partial charge in [-0.05, 0) is 13.0 Å². The number of ether oxygens (including phenoxy) is 1. The maximum atomic E-state index is 12.2. The second-order valence-electron chi connectivity index (χ2n) is 5.09. The number of rotatable bonds is 2. The van der Waals surface area contributed by atoms with E-state index in [1.807, 2.05) is 19.1 Å². The summed E-state index contributed by atoms with van der Waals surface area (Å²) < 4.78 is 7.17. The Morgan fingerprint density at radius 3 is 3.05 bits per heavy atom. The molecular formula is C14H16ClN5O2. The highest BCUT2D eigenvalue weighted by Gasteiger charge is 2.25. The molecule has 1 unspecified atom stereocenters. The maximum absolute atomic E-state index is 12.2. The number of halogens is 1. The fourth-order valence-electron chi connectivity index (χ4n) is 2.36. The smallest absolute Gasteiger partial charge is 0.320 e. The molecule has 116 valence electrons. The molecule has 2 aromatic rings. The summed E-state index contributed by atoms with van der Waals surface area (Å²) in [7, 11) is 1.77. The molecule has 0 aliphatic carbocycles. The van der Waals surface area contributed by atoms with Crippen molar-refractivity contribution in [3.63, 3.8) is 0 Å². The molecule has 1 aromatic heterocycles. The number of benzene rings is 1. The van der Waals surface area contributed by atoms with E-state index in [9.17, 15) is 4.79 Å². The number of para-hydroxylation sites is 1. The average Bonchev–Trinajstić information content (AvgIpc) is 2.80. The predicted octanol–water partition coefficient (Wildman–Crippen LogP) is 2.42. The van der Waals surface area contributed by atoms with E-state index in [0.717, 1.165) is 11.3 Å². The van der Waals surface area contributed by atoms with E-state index in [1.54, 1.807) is 17.8 Å². The van der Waals surface area contributed by atoms with Crippen LogP contribution in [0.2, 0.25) is 5.02 Å². The van der Waals surface area contributed by atoms with Gasteiger partial charge < -0.3 is 10.1 Å². The molecule has 1 atom stereocenters. The largest absolute Gasteiger partial charge is 0.492 e. The van der Waals surface area contributed by atoms with Crippen molar-refractivity contribution in [1.29, 1.82) is 0 Å². The van der Waals surface area contributed by atoms with Crippen molar-refractivity contribution in [1.82, 2.24) is 20.3 Å². The van der Waals surface area contributed by atoms with E-state index in [-0.39, 0.29) is 12.1 Å². The number of carbonyl (C=O) groups excluding carboxylic acids is 1. The Morgan fingerprint density at radius 2 is 2.32 bits per heavy atom. The summed E-state index contributed by atoms with van der Waals surface area (Å²) in [4.78, 5) is 12.2. The van der Waals surface area contributed by atoms with Gasteiger partial charge in [-0.25, -0.2) is 4.79 Å². The number of nitrogens with zero attached hydrogens (tertiary/aromatic N) is 3. The predicted molar refractivity (Wildman–Crippen MR) is 82.2 cm³/mol. The van der Waals surface area contributed by atoms with Crippen LogP contribution in [-0.4, -0.2) is 27.6 Å². The van der Waals surface area contributed by atoms with Gasteiger partial charge in [0.1, 0.15) is 5.75 Å². The van der Waals surface area contributed by atoms with Gasteiger partial charge in [0.05, 0.1) is 23.4 Å². The van der Waals surface area contributed by atoms with E-state index in [2.05, 4.69) is 20.9 Å². The minimum Gasteiger partial charge on any atom is -0.492 e. The highest BCUT2D eigenvalue weighted by Crippen LogP contribution is 2.37. The number of hydrogen-bond donors (Lipinski definition) is 2. The van der Waals surface area contributed by atoms with E-state index in [1.165, 1.54) is 0 Å². The average molecular weight is 322 g/mol. The van der Waals surface area contributed by atoms with Crippen molar-refractivity contribution in [2.75, 3.05) is 11.9 Å². The molecule has 7 nitrogen and oxygen atoms in total. The normalized spacial score (nSPS) is 16.6. The zero-order valence-corrected chi connectivity index (χ0v) is 13.0. The van der Waals surface area contributed by atoms with E-state index in [0.29, 0.717) is 29.6 Å². The Morgan fingerprint density at radius 1 is 1.50 bits per heavy atom. The molecule has 22 heavy (non-hydrogen) atoms. The van der Waals surface area contributed by atoms with Crippen LogP contribution in [0.3, 0.4) is 0 Å². The van der Waals surface area contributed by atoms with Crippen molar-refractivity contribution < 1.29 is 9.53 Å². The summed E-state index contributed by atoms with van der Waals surface area (Å²) in [6.45, 7) is 2.34. The summed E-state index contributed by atoms with van der Waals surface area (Å²) in [6.07, 6.45) is 0.681. The Bertz CT molecular complexity index is 715. The number of aryl methyl sites for hydroxylation is 1. The Labute approximate surface area is 132 Å². The quantitative estimate of drug-likeness (QED) is 0.890. The molecule has 2 amide bonds. The molecule has 0 radical (unpaired) electrons. The topological polar surface area (TPSA) is 81.1 Å². The number of urea groups is 1. The lowest BCUT2D eigenvalue weighted by atomic mass is 10.0. The lowest BCUT2D eigenvalue weighted by Gasteiger charge is -2.27. The summed E-state index contributed by atoms with van der Waals surface area (Å²) in [5, 5.41) is 13.9. The Balaban J connectivity index is 1.73. The van der Waals surface area contributed by atoms with Crippen LogP contribution >= 0.6 is 11.6 Å². The van der Waals surface area contributed by atoms with Crippen LogP contribution < -0.4 is 15.4 Å². The van der Waals surface area contributed by atoms with Crippen molar-refractivity contribution >= 4 is 23.4 Å². The first-order chi connectivity index (χ1) is 10.6. The number of amides is 2. The first-order valence-electron chi connectivity index (χ1n) is 6.91. The molecule has 0 spiro atoms. The van der Waals surface area contributed by atoms with E-state index in [4.69, 9.17) is 16.3 Å². The molecule has 1 aliphatic rings. The van der Waals surface area contributed by atoms with Gasteiger partial charge in [-0.3, -0.25) is 10.00 Å². The molecule has 0 saturated heterocycles. The minimum atomic E-state index is -0.332. The maximum Gasteiger partial charge on any atom is 0.320 e. The number of fused-ring (bicyclic) bond motifs is 1. The molecule has 3 rings (SSSR count). The molecular weight excluding hydrogens is 306 g/mol. The number of anilines is 1. The SMILES string of the molecule is Cc1c(NC(=O)NC2CCOc3c(Cl)cccc32)nnn1C. The van der Waals surface area contributed by atoms with Crippen LogP contribution in [0.1, 0.15) is 23.7 Å². The molecule has 8 heteroatoms. The van der Waals surface area contributed by atoms with Crippen molar-refractivity contribution in [3.8, 4) is 5.75 Å². The van der Waals surface area contributed by atoms with Crippen LogP contribution in [0.4, 0.5) is 10.6 Å². The standard InChI is InChI=1S/C14H16ClN5O2/c1-8-13(18-19-20(8)2)17-14(21)16-11-6-7-22-12-9(11)4-3-5-10(12)15/h3-5,11H,6-7H2,1-2H3,(H2,16,17,21). The Kier molecular flexibility index (Phi) is 3.89. The highest BCUT2D eigenvalue weighted by molar-refractivity contribution is 6.32. The molecule has 0 saturated carbocycles. The van der Waals surface area contributed by atoms with E-state index < -0.39 is 0 Å².